The molecule has 0 atom stereocenters. The molecule has 2 N–H and O–H groups in total. The summed E-state index contributed by atoms with van der Waals surface area (Å²) in [5.74, 6) is 0.575. The first kappa shape index (κ1) is 21.7. The van der Waals surface area contributed by atoms with Crippen LogP contribution in [0.1, 0.15) is 10.4 Å². The van der Waals surface area contributed by atoms with Gasteiger partial charge >= 0.3 is 4.87 Å². The van der Waals surface area contributed by atoms with Crippen molar-refractivity contribution in [2.75, 3.05) is 6.61 Å². The summed E-state index contributed by atoms with van der Waals surface area (Å²) >= 11 is 0.995. The Balaban J connectivity index is 1.32. The Morgan fingerprint density at radius 3 is 2.32 bits per heavy atom. The lowest BCUT2D eigenvalue weighted by molar-refractivity contribution is 0.288. The first-order valence-corrected chi connectivity index (χ1v) is 11.6. The van der Waals surface area contributed by atoms with E-state index >= 15 is 0 Å². The van der Waals surface area contributed by atoms with Gasteiger partial charge in [-0.2, -0.15) is 5.10 Å². The lowest BCUT2D eigenvalue weighted by Gasteiger charge is -2.12. The molecule has 7 nitrogen and oxygen atoms in total. The lowest BCUT2D eigenvalue weighted by atomic mass is 10.1. The van der Waals surface area contributed by atoms with Gasteiger partial charge in [-0.1, -0.05) is 72.0 Å². The minimum atomic E-state index is -0.277. The van der Waals surface area contributed by atoms with E-state index in [9.17, 15) is 14.7 Å². The van der Waals surface area contributed by atoms with Gasteiger partial charge in [-0.05, 0) is 23.8 Å². The van der Waals surface area contributed by atoms with Crippen molar-refractivity contribution < 1.29 is 9.84 Å². The molecule has 0 amide bonds. The van der Waals surface area contributed by atoms with Crippen LogP contribution in [0.25, 0.3) is 22.0 Å². The Morgan fingerprint density at radius 1 is 0.912 bits per heavy atom. The number of nitrogens with one attached hydrogen (secondary N) is 1. The second-order valence-corrected chi connectivity index (χ2v) is 8.81. The second-order valence-electron chi connectivity index (χ2n) is 7.74. The van der Waals surface area contributed by atoms with Crippen molar-refractivity contribution in [1.29, 1.82) is 0 Å². The zero-order chi connectivity index (χ0) is 23.5. The fourth-order valence-corrected chi connectivity index (χ4v) is 4.56. The van der Waals surface area contributed by atoms with Gasteiger partial charge < -0.3 is 9.84 Å². The number of aromatic amines is 1. The Bertz CT molecular complexity index is 1550. The molecule has 0 aliphatic carbocycles. The van der Waals surface area contributed by atoms with Crippen molar-refractivity contribution in [3.05, 3.63) is 109 Å². The minimum absolute atomic E-state index is 0.0847. The predicted octanol–water partition coefficient (Wildman–Crippen LogP) is 4.19. The van der Waals surface area contributed by atoms with Crippen LogP contribution in [0, 0.1) is 0 Å². The summed E-state index contributed by atoms with van der Waals surface area (Å²) in [6, 6.07) is 24.7. The van der Waals surface area contributed by atoms with Gasteiger partial charge in [0.2, 0.25) is 5.88 Å². The normalized spacial score (nSPS) is 11.1. The average Bonchev–Trinajstić information content (AvgIpc) is 3.18. The molecule has 3 aromatic carbocycles. The van der Waals surface area contributed by atoms with E-state index in [1.54, 1.807) is 0 Å². The van der Waals surface area contributed by atoms with Crippen molar-refractivity contribution in [3.8, 4) is 22.9 Å². The fourth-order valence-electron chi connectivity index (χ4n) is 3.81. The fraction of sp³-hybridized carbons (Fsp3) is 0.115. The molecule has 0 aliphatic heterocycles. The van der Waals surface area contributed by atoms with E-state index in [2.05, 4.69) is 10.1 Å². The highest BCUT2D eigenvalue weighted by Crippen LogP contribution is 2.24. The molecule has 0 radical (unpaired) electrons. The van der Waals surface area contributed by atoms with Gasteiger partial charge in [0.15, 0.2) is 0 Å². The molecular formula is C26H21N3O4S. The van der Waals surface area contributed by atoms with Gasteiger partial charge in [0.05, 0.1) is 22.5 Å². The molecule has 8 heteroatoms. The van der Waals surface area contributed by atoms with Crippen molar-refractivity contribution >= 4 is 22.1 Å². The van der Waals surface area contributed by atoms with E-state index in [1.807, 2.05) is 78.9 Å². The van der Waals surface area contributed by atoms with Crippen LogP contribution in [-0.4, -0.2) is 26.5 Å². The summed E-state index contributed by atoms with van der Waals surface area (Å²) in [6.07, 6.45) is 0.453. The van der Waals surface area contributed by atoms with Gasteiger partial charge in [0, 0.05) is 17.4 Å². The largest absolute Gasteiger partial charge is 0.494 e. The predicted molar refractivity (Wildman–Crippen MR) is 133 cm³/mol. The average molecular weight is 472 g/mol. The Kier molecular flexibility index (Phi) is 5.97. The summed E-state index contributed by atoms with van der Waals surface area (Å²) in [5.41, 5.74) is 2.50. The molecule has 2 aromatic heterocycles. The van der Waals surface area contributed by atoms with Crippen LogP contribution in [0.3, 0.4) is 0 Å². The van der Waals surface area contributed by atoms with E-state index in [0.717, 1.165) is 33.5 Å². The van der Waals surface area contributed by atoms with E-state index in [0.29, 0.717) is 29.0 Å². The van der Waals surface area contributed by atoms with E-state index in [4.69, 9.17) is 4.74 Å². The molecule has 170 valence electrons. The van der Waals surface area contributed by atoms with Crippen LogP contribution in [0.2, 0.25) is 0 Å². The molecular weight excluding hydrogens is 450 g/mol. The molecule has 0 aliphatic rings. The number of hydrogen-bond donors (Lipinski definition) is 2. The number of rotatable bonds is 7. The number of fused-ring (bicyclic) bond motifs is 1. The molecule has 0 fully saturated rings. The maximum Gasteiger partial charge on any atom is 0.307 e. The van der Waals surface area contributed by atoms with Crippen LogP contribution in [0.5, 0.6) is 11.6 Å². The van der Waals surface area contributed by atoms with Crippen molar-refractivity contribution in [2.24, 2.45) is 0 Å². The van der Waals surface area contributed by atoms with Crippen LogP contribution in [0.15, 0.2) is 88.5 Å². The molecule has 34 heavy (non-hydrogen) atoms. The van der Waals surface area contributed by atoms with Crippen molar-refractivity contribution in [1.82, 2.24) is 14.8 Å². The highest BCUT2D eigenvalue weighted by Gasteiger charge is 2.12. The highest BCUT2D eigenvalue weighted by molar-refractivity contribution is 7.09. The van der Waals surface area contributed by atoms with Crippen molar-refractivity contribution in [3.63, 3.8) is 0 Å². The highest BCUT2D eigenvalue weighted by atomic mass is 32.1. The number of ether oxygens (including phenoxy) is 1. The SMILES string of the molecule is O=c1[nH]c(O)c(Cc2ccc(OCCn3nc(-c4ccccc4)c4ccccc4c3=O)cc2)s1. The number of nitrogens with zero attached hydrogens (tertiary/aromatic N) is 2. The van der Waals surface area contributed by atoms with Gasteiger partial charge in [0.1, 0.15) is 12.4 Å². The van der Waals surface area contributed by atoms with Crippen molar-refractivity contribution in [2.45, 2.75) is 13.0 Å². The van der Waals surface area contributed by atoms with Crippen LogP contribution >= 0.6 is 11.3 Å². The number of thiazole rings is 1. The molecule has 2 heterocycles. The van der Waals surface area contributed by atoms with Crippen LogP contribution in [-0.2, 0) is 13.0 Å². The maximum absolute atomic E-state index is 13.0. The van der Waals surface area contributed by atoms with Gasteiger partial charge in [0.25, 0.3) is 5.56 Å². The topological polar surface area (TPSA) is 97.2 Å². The van der Waals surface area contributed by atoms with E-state index in [-0.39, 0.29) is 22.9 Å². The second kappa shape index (κ2) is 9.36. The Morgan fingerprint density at radius 2 is 1.62 bits per heavy atom. The number of benzene rings is 3. The minimum Gasteiger partial charge on any atom is -0.494 e. The van der Waals surface area contributed by atoms with Crippen LogP contribution in [0.4, 0.5) is 0 Å². The molecule has 0 spiro atoms. The van der Waals surface area contributed by atoms with E-state index in [1.165, 1.54) is 4.68 Å². The maximum atomic E-state index is 13.0. The third-order valence-corrected chi connectivity index (χ3v) is 6.35. The third kappa shape index (κ3) is 4.49. The zero-order valence-corrected chi connectivity index (χ0v) is 18.9. The smallest absolute Gasteiger partial charge is 0.307 e. The molecule has 0 saturated carbocycles. The summed E-state index contributed by atoms with van der Waals surface area (Å²) < 4.78 is 7.31. The summed E-state index contributed by atoms with van der Waals surface area (Å²) in [6.45, 7) is 0.579. The first-order chi connectivity index (χ1) is 16.6. The zero-order valence-electron chi connectivity index (χ0n) is 18.1. The number of hydrogen-bond acceptors (Lipinski definition) is 6. The van der Waals surface area contributed by atoms with E-state index < -0.39 is 0 Å². The number of aromatic nitrogens is 3. The monoisotopic (exact) mass is 471 g/mol. The standard InChI is InChI=1S/C26H21N3O4S/c30-24-22(34-26(32)27-24)16-17-10-12-19(13-11-17)33-15-14-29-25(31)21-9-5-4-8-20(21)23(28-29)18-6-2-1-3-7-18/h1-13,30H,14-16H2,(H,27,32). The number of aromatic hydroxyl groups is 1. The molecule has 0 unspecified atom stereocenters. The third-order valence-electron chi connectivity index (χ3n) is 5.48. The summed E-state index contributed by atoms with van der Waals surface area (Å²) in [5, 5.41) is 15.8. The lowest BCUT2D eigenvalue weighted by Crippen LogP contribution is -2.26. The Hall–Kier alpha value is -4.17. The van der Waals surface area contributed by atoms with Crippen LogP contribution < -0.4 is 15.2 Å². The number of H-pyrrole nitrogens is 1. The molecule has 5 aromatic rings. The quantitative estimate of drug-likeness (QED) is 0.371. The summed E-state index contributed by atoms with van der Waals surface area (Å²) in [7, 11) is 0. The first-order valence-electron chi connectivity index (χ1n) is 10.8. The molecule has 0 saturated heterocycles. The van der Waals surface area contributed by atoms with Gasteiger partial charge in [-0.15, -0.1) is 0 Å². The van der Waals surface area contributed by atoms with Gasteiger partial charge in [-0.3, -0.25) is 14.6 Å². The molecule has 5 rings (SSSR count). The molecule has 0 bridgehead atoms. The Labute approximate surface area is 198 Å². The summed E-state index contributed by atoms with van der Waals surface area (Å²) in [4.78, 5) is 27.0. The van der Waals surface area contributed by atoms with Gasteiger partial charge in [-0.25, -0.2) is 4.68 Å².